The Morgan fingerprint density at radius 2 is 1.81 bits per heavy atom. The van der Waals surface area contributed by atoms with Gasteiger partial charge in [-0.1, -0.05) is 11.6 Å². The van der Waals surface area contributed by atoms with Crippen molar-refractivity contribution < 1.29 is 13.2 Å². The van der Waals surface area contributed by atoms with Crippen molar-refractivity contribution >= 4 is 27.3 Å². The summed E-state index contributed by atoms with van der Waals surface area (Å²) in [7, 11) is -2.17. The third-order valence-corrected chi connectivity index (χ3v) is 4.81. The summed E-state index contributed by atoms with van der Waals surface area (Å²) in [6.07, 6.45) is 1.44. The topological polar surface area (TPSA) is 68.3 Å². The van der Waals surface area contributed by atoms with Gasteiger partial charge in [-0.15, -0.1) is 0 Å². The van der Waals surface area contributed by atoms with Crippen LogP contribution in [0.1, 0.15) is 11.1 Å². The zero-order chi connectivity index (χ0) is 15.6. The summed E-state index contributed by atoms with van der Waals surface area (Å²) in [5.41, 5.74) is 1.59. The smallest absolute Gasteiger partial charge is 0.262 e. The van der Waals surface area contributed by atoms with Crippen molar-refractivity contribution in [1.29, 1.82) is 0 Å². The highest BCUT2D eigenvalue weighted by Gasteiger charge is 2.20. The lowest BCUT2D eigenvalue weighted by Crippen LogP contribution is -2.16. The van der Waals surface area contributed by atoms with Gasteiger partial charge in [0.25, 0.3) is 10.0 Å². The molecule has 0 bridgehead atoms. The molecule has 0 fully saturated rings. The highest BCUT2D eigenvalue weighted by molar-refractivity contribution is 7.92. The van der Waals surface area contributed by atoms with Crippen LogP contribution in [-0.4, -0.2) is 20.5 Å². The first-order valence-corrected chi connectivity index (χ1v) is 7.99. The Balaban J connectivity index is 2.45. The Morgan fingerprint density at radius 3 is 2.33 bits per heavy atom. The van der Waals surface area contributed by atoms with E-state index in [4.69, 9.17) is 16.3 Å². The lowest BCUT2D eigenvalue weighted by Gasteiger charge is -2.14. The molecule has 0 atom stereocenters. The first-order valence-electron chi connectivity index (χ1n) is 6.13. The van der Waals surface area contributed by atoms with E-state index in [9.17, 15) is 8.42 Å². The van der Waals surface area contributed by atoms with Gasteiger partial charge in [0, 0.05) is 6.20 Å². The number of nitrogens with zero attached hydrogens (tertiary/aromatic N) is 1. The van der Waals surface area contributed by atoms with Crippen molar-refractivity contribution in [3.63, 3.8) is 0 Å². The predicted octanol–water partition coefficient (Wildman–Crippen LogP) is 3.16. The van der Waals surface area contributed by atoms with E-state index in [-0.39, 0.29) is 10.0 Å². The summed E-state index contributed by atoms with van der Waals surface area (Å²) in [5.74, 6) is 0.621. The Bertz CT molecular complexity index is 753. The number of nitrogens with one attached hydrogen (secondary N) is 1. The van der Waals surface area contributed by atoms with Gasteiger partial charge in [-0.25, -0.2) is 13.4 Å². The molecule has 0 saturated heterocycles. The van der Waals surface area contributed by atoms with Gasteiger partial charge in [-0.2, -0.15) is 0 Å². The second-order valence-electron chi connectivity index (χ2n) is 4.56. The number of hydrogen-bond donors (Lipinski definition) is 1. The van der Waals surface area contributed by atoms with E-state index in [1.807, 2.05) is 0 Å². The lowest BCUT2D eigenvalue weighted by molar-refractivity contribution is 0.413. The van der Waals surface area contributed by atoms with E-state index < -0.39 is 10.0 Å². The summed E-state index contributed by atoms with van der Waals surface area (Å²) in [6, 6.07) is 6.35. The van der Waals surface area contributed by atoms with Crippen LogP contribution < -0.4 is 9.46 Å². The molecule has 1 heterocycles. The minimum Gasteiger partial charge on any atom is -0.497 e. The summed E-state index contributed by atoms with van der Waals surface area (Å²) in [6.45, 7) is 3.45. The Morgan fingerprint density at radius 1 is 1.19 bits per heavy atom. The molecule has 0 aliphatic rings. The number of benzene rings is 1. The van der Waals surface area contributed by atoms with Crippen LogP contribution in [0.25, 0.3) is 0 Å². The van der Waals surface area contributed by atoms with Gasteiger partial charge < -0.3 is 4.74 Å². The van der Waals surface area contributed by atoms with Gasteiger partial charge in [-0.05, 0) is 49.2 Å². The summed E-state index contributed by atoms with van der Waals surface area (Å²) in [5, 5.41) is 0.221. The summed E-state index contributed by atoms with van der Waals surface area (Å²) >= 11 is 5.76. The molecule has 0 saturated carbocycles. The molecule has 0 aliphatic carbocycles. The third kappa shape index (κ3) is 3.46. The average molecular weight is 327 g/mol. The van der Waals surface area contributed by atoms with Crippen molar-refractivity contribution in [1.82, 2.24) is 4.98 Å². The molecule has 7 heteroatoms. The van der Waals surface area contributed by atoms with Gasteiger partial charge >= 0.3 is 0 Å². The molecule has 2 rings (SSSR count). The van der Waals surface area contributed by atoms with Crippen molar-refractivity contribution in [3.8, 4) is 5.75 Å². The van der Waals surface area contributed by atoms with Gasteiger partial charge in [0.05, 0.1) is 17.7 Å². The molecule has 0 amide bonds. The number of rotatable bonds is 4. The maximum Gasteiger partial charge on any atom is 0.262 e. The van der Waals surface area contributed by atoms with E-state index in [1.165, 1.54) is 18.3 Å². The van der Waals surface area contributed by atoms with Crippen molar-refractivity contribution in [2.75, 3.05) is 11.8 Å². The fourth-order valence-corrected chi connectivity index (χ4v) is 3.80. The van der Waals surface area contributed by atoms with Gasteiger partial charge in [-0.3, -0.25) is 4.72 Å². The molecular weight excluding hydrogens is 312 g/mol. The highest BCUT2D eigenvalue weighted by atomic mass is 35.5. The minimum absolute atomic E-state index is 0.221. The SMILES string of the molecule is COc1cc(C)c(S(=O)(=O)Nc2ccnc(Cl)c2)c(C)c1. The van der Waals surface area contributed by atoms with Gasteiger partial charge in [0.2, 0.25) is 0 Å². The number of pyridine rings is 1. The Hall–Kier alpha value is -1.79. The van der Waals surface area contributed by atoms with Crippen LogP contribution >= 0.6 is 11.6 Å². The van der Waals surface area contributed by atoms with Crippen LogP contribution in [0.15, 0.2) is 35.4 Å². The van der Waals surface area contributed by atoms with E-state index in [0.717, 1.165) is 0 Å². The highest BCUT2D eigenvalue weighted by Crippen LogP contribution is 2.27. The molecule has 1 aromatic carbocycles. The number of halogens is 1. The van der Waals surface area contributed by atoms with Crippen molar-refractivity contribution in [2.24, 2.45) is 0 Å². The minimum atomic E-state index is -3.71. The molecular formula is C14H15ClN2O3S. The normalized spacial score (nSPS) is 11.2. The summed E-state index contributed by atoms with van der Waals surface area (Å²) in [4.78, 5) is 4.05. The van der Waals surface area contributed by atoms with Crippen molar-refractivity contribution in [2.45, 2.75) is 18.7 Å². The van der Waals surface area contributed by atoms with Crippen LogP contribution in [0.5, 0.6) is 5.75 Å². The maximum atomic E-state index is 12.5. The number of ether oxygens (including phenoxy) is 1. The number of aryl methyl sites for hydroxylation is 2. The maximum absolute atomic E-state index is 12.5. The Labute approximate surface area is 129 Å². The fourth-order valence-electron chi connectivity index (χ4n) is 2.12. The van der Waals surface area contributed by atoms with Crippen LogP contribution in [0.4, 0.5) is 5.69 Å². The molecule has 1 N–H and O–H groups in total. The van der Waals surface area contributed by atoms with Crippen molar-refractivity contribution in [3.05, 3.63) is 46.7 Å². The molecule has 0 radical (unpaired) electrons. The molecule has 21 heavy (non-hydrogen) atoms. The quantitative estimate of drug-likeness (QED) is 0.876. The zero-order valence-electron chi connectivity index (χ0n) is 11.8. The van der Waals surface area contributed by atoms with Crippen LogP contribution in [0.2, 0.25) is 5.15 Å². The number of sulfonamides is 1. The molecule has 5 nitrogen and oxygen atoms in total. The first kappa shape index (κ1) is 15.6. The molecule has 0 unspecified atom stereocenters. The second kappa shape index (κ2) is 5.91. The van der Waals surface area contributed by atoms with E-state index in [0.29, 0.717) is 22.6 Å². The third-order valence-electron chi connectivity index (χ3n) is 2.92. The monoisotopic (exact) mass is 326 g/mol. The largest absolute Gasteiger partial charge is 0.497 e. The van der Waals surface area contributed by atoms with Crippen LogP contribution in [0, 0.1) is 13.8 Å². The molecule has 2 aromatic rings. The average Bonchev–Trinajstić information content (AvgIpc) is 2.36. The van der Waals surface area contributed by atoms with Gasteiger partial charge in [0.15, 0.2) is 0 Å². The Kier molecular flexibility index (Phi) is 4.39. The standard InChI is InChI=1S/C14H15ClN2O3S/c1-9-6-12(20-3)7-10(2)14(9)21(18,19)17-11-4-5-16-13(15)8-11/h4-8H,1-3H3,(H,16,17). The molecule has 0 aliphatic heterocycles. The number of hydrogen-bond acceptors (Lipinski definition) is 4. The molecule has 112 valence electrons. The van der Waals surface area contributed by atoms with E-state index in [2.05, 4.69) is 9.71 Å². The predicted molar refractivity (Wildman–Crippen MR) is 82.5 cm³/mol. The number of aromatic nitrogens is 1. The van der Waals surface area contributed by atoms with E-state index in [1.54, 1.807) is 33.1 Å². The molecule has 1 aromatic heterocycles. The number of anilines is 1. The van der Waals surface area contributed by atoms with Crippen LogP contribution in [0.3, 0.4) is 0 Å². The van der Waals surface area contributed by atoms with Gasteiger partial charge in [0.1, 0.15) is 10.9 Å². The zero-order valence-corrected chi connectivity index (χ0v) is 13.4. The van der Waals surface area contributed by atoms with E-state index >= 15 is 0 Å². The molecule has 0 spiro atoms. The summed E-state index contributed by atoms with van der Waals surface area (Å²) < 4.78 is 32.7. The first-order chi connectivity index (χ1) is 9.83. The lowest BCUT2D eigenvalue weighted by atomic mass is 10.1. The number of methoxy groups -OCH3 is 1. The van der Waals surface area contributed by atoms with Crippen LogP contribution in [-0.2, 0) is 10.0 Å². The second-order valence-corrected chi connectivity index (χ2v) is 6.57. The fraction of sp³-hybridized carbons (Fsp3) is 0.214.